The van der Waals surface area contributed by atoms with Crippen molar-refractivity contribution in [1.82, 2.24) is 0 Å². The molecule has 0 fully saturated rings. The third kappa shape index (κ3) is 6.88. The van der Waals surface area contributed by atoms with E-state index in [1.807, 2.05) is 34.6 Å². The Morgan fingerprint density at radius 2 is 1.53 bits per heavy atom. The quantitative estimate of drug-likeness (QED) is 0.495. The molecule has 15 heavy (non-hydrogen) atoms. The van der Waals surface area contributed by atoms with Crippen LogP contribution in [-0.4, -0.2) is 18.4 Å². The van der Waals surface area contributed by atoms with Gasteiger partial charge in [0.25, 0.3) is 0 Å². The zero-order valence-corrected chi connectivity index (χ0v) is 11.3. The fraction of sp³-hybridized carbons (Fsp3) is 0.818. The highest BCUT2D eigenvalue weighted by atomic mass is 31.2. The Morgan fingerprint density at radius 1 is 1.13 bits per heavy atom. The number of allylic oxidation sites excluding steroid dienone is 1. The molecule has 0 rings (SSSR count). The second-order valence-corrected chi connectivity index (χ2v) is 6.32. The zero-order chi connectivity index (χ0) is 12.1. The van der Waals surface area contributed by atoms with Crippen molar-refractivity contribution in [3.63, 3.8) is 0 Å². The average molecular weight is 234 g/mol. The van der Waals surface area contributed by atoms with Crippen molar-refractivity contribution in [1.29, 1.82) is 0 Å². The molecule has 3 nitrogen and oxygen atoms in total. The van der Waals surface area contributed by atoms with Gasteiger partial charge in [-0.05, 0) is 33.6 Å². The molecule has 0 aromatic heterocycles. The van der Waals surface area contributed by atoms with Gasteiger partial charge in [-0.1, -0.05) is 13.0 Å². The maximum atomic E-state index is 12.3. The van der Waals surface area contributed by atoms with Gasteiger partial charge in [-0.15, -0.1) is 6.58 Å². The maximum absolute atomic E-state index is 12.3. The fourth-order valence-corrected chi connectivity index (χ4v) is 3.54. The SMILES string of the molecule is C=CC(C)CP(=O)(OC(C)C)OC(C)C. The summed E-state index contributed by atoms with van der Waals surface area (Å²) in [5.74, 6) is 0.133. The van der Waals surface area contributed by atoms with Crippen molar-refractivity contribution < 1.29 is 13.6 Å². The number of hydrogen-bond acceptors (Lipinski definition) is 3. The van der Waals surface area contributed by atoms with E-state index in [1.165, 1.54) is 0 Å². The summed E-state index contributed by atoms with van der Waals surface area (Å²) in [6, 6.07) is 0. The Balaban J connectivity index is 4.54. The Bertz CT molecular complexity index is 222. The van der Waals surface area contributed by atoms with Crippen LogP contribution in [-0.2, 0) is 13.6 Å². The van der Waals surface area contributed by atoms with Gasteiger partial charge in [0.15, 0.2) is 0 Å². The van der Waals surface area contributed by atoms with E-state index >= 15 is 0 Å². The van der Waals surface area contributed by atoms with E-state index in [0.29, 0.717) is 6.16 Å². The summed E-state index contributed by atoms with van der Waals surface area (Å²) in [6.07, 6.45) is 1.98. The summed E-state index contributed by atoms with van der Waals surface area (Å²) in [5, 5.41) is 0. The van der Waals surface area contributed by atoms with Gasteiger partial charge in [-0.25, -0.2) is 0 Å². The number of hydrogen-bond donors (Lipinski definition) is 0. The Morgan fingerprint density at radius 3 is 1.80 bits per heavy atom. The van der Waals surface area contributed by atoms with E-state index in [-0.39, 0.29) is 18.1 Å². The van der Waals surface area contributed by atoms with Crippen molar-refractivity contribution in [2.45, 2.75) is 46.8 Å². The minimum Gasteiger partial charge on any atom is -0.306 e. The van der Waals surface area contributed by atoms with Crippen LogP contribution in [0, 0.1) is 5.92 Å². The molecule has 0 saturated heterocycles. The molecule has 4 heteroatoms. The van der Waals surface area contributed by atoms with Crippen molar-refractivity contribution in [2.75, 3.05) is 6.16 Å². The zero-order valence-electron chi connectivity index (χ0n) is 10.4. The van der Waals surface area contributed by atoms with Crippen LogP contribution < -0.4 is 0 Å². The molecule has 0 heterocycles. The molecule has 1 unspecified atom stereocenters. The van der Waals surface area contributed by atoms with Gasteiger partial charge < -0.3 is 9.05 Å². The molecule has 0 spiro atoms. The first-order chi connectivity index (χ1) is 6.79. The highest BCUT2D eigenvalue weighted by Crippen LogP contribution is 2.51. The molecule has 0 amide bonds. The van der Waals surface area contributed by atoms with E-state index in [9.17, 15) is 4.57 Å². The molecule has 0 aliphatic rings. The first-order valence-electron chi connectivity index (χ1n) is 5.37. The predicted molar refractivity (Wildman–Crippen MR) is 64.3 cm³/mol. The Hall–Kier alpha value is -0.110. The van der Waals surface area contributed by atoms with Crippen LogP contribution >= 0.6 is 7.60 Å². The van der Waals surface area contributed by atoms with Crippen molar-refractivity contribution in [2.24, 2.45) is 5.92 Å². The Labute approximate surface area is 93.4 Å². The first kappa shape index (κ1) is 14.9. The van der Waals surface area contributed by atoms with Gasteiger partial charge >= 0.3 is 7.60 Å². The van der Waals surface area contributed by atoms with E-state index in [2.05, 4.69) is 6.58 Å². The Kier molecular flexibility index (Phi) is 6.42. The molecular formula is C11H23O3P. The molecular weight excluding hydrogens is 211 g/mol. The molecule has 1 atom stereocenters. The lowest BCUT2D eigenvalue weighted by Crippen LogP contribution is -2.13. The predicted octanol–water partition coefficient (Wildman–Crippen LogP) is 3.85. The molecule has 0 saturated carbocycles. The van der Waals surface area contributed by atoms with E-state index < -0.39 is 7.60 Å². The van der Waals surface area contributed by atoms with Crippen LogP contribution in [0.5, 0.6) is 0 Å². The molecule has 0 aliphatic heterocycles. The lowest BCUT2D eigenvalue weighted by molar-refractivity contribution is 0.141. The molecule has 0 aromatic carbocycles. The summed E-state index contributed by atoms with van der Waals surface area (Å²) < 4.78 is 23.1. The highest BCUT2D eigenvalue weighted by Gasteiger charge is 2.28. The standard InChI is InChI=1S/C11H23O3P/c1-7-11(6)8-15(12,13-9(2)3)14-10(4)5/h7,9-11H,1,8H2,2-6H3. The van der Waals surface area contributed by atoms with Crippen LogP contribution in [0.25, 0.3) is 0 Å². The van der Waals surface area contributed by atoms with Crippen LogP contribution in [0.4, 0.5) is 0 Å². The average Bonchev–Trinajstić information content (AvgIpc) is 1.99. The third-order valence-electron chi connectivity index (χ3n) is 1.66. The first-order valence-corrected chi connectivity index (χ1v) is 7.10. The van der Waals surface area contributed by atoms with Gasteiger partial charge in [0.1, 0.15) is 0 Å². The van der Waals surface area contributed by atoms with E-state index in [4.69, 9.17) is 9.05 Å². The van der Waals surface area contributed by atoms with Crippen molar-refractivity contribution in [3.05, 3.63) is 12.7 Å². The molecule has 0 bridgehead atoms. The fourth-order valence-electron chi connectivity index (χ4n) is 1.18. The summed E-state index contributed by atoms with van der Waals surface area (Å²) in [6.45, 7) is 13.0. The molecule has 0 aliphatic carbocycles. The highest BCUT2D eigenvalue weighted by molar-refractivity contribution is 7.53. The topological polar surface area (TPSA) is 35.5 Å². The van der Waals surface area contributed by atoms with Crippen LogP contribution in [0.15, 0.2) is 12.7 Å². The molecule has 0 N–H and O–H groups in total. The molecule has 0 aromatic rings. The van der Waals surface area contributed by atoms with Crippen molar-refractivity contribution in [3.8, 4) is 0 Å². The summed E-state index contributed by atoms with van der Waals surface area (Å²) in [5.41, 5.74) is 0. The smallest absolute Gasteiger partial charge is 0.306 e. The second kappa shape index (κ2) is 6.47. The molecule has 90 valence electrons. The summed E-state index contributed by atoms with van der Waals surface area (Å²) >= 11 is 0. The van der Waals surface area contributed by atoms with Gasteiger partial charge in [0, 0.05) is 0 Å². The minimum absolute atomic E-state index is 0.0911. The maximum Gasteiger partial charge on any atom is 0.331 e. The van der Waals surface area contributed by atoms with Gasteiger partial charge in [0.2, 0.25) is 0 Å². The molecule has 0 radical (unpaired) electrons. The minimum atomic E-state index is -2.98. The van der Waals surface area contributed by atoms with Crippen LogP contribution in [0.1, 0.15) is 34.6 Å². The normalized spacial score (nSPS) is 14.6. The van der Waals surface area contributed by atoms with Crippen molar-refractivity contribution >= 4 is 7.60 Å². The lowest BCUT2D eigenvalue weighted by atomic mass is 10.2. The van der Waals surface area contributed by atoms with Gasteiger partial charge in [0.05, 0.1) is 18.4 Å². The van der Waals surface area contributed by atoms with E-state index in [0.717, 1.165) is 0 Å². The van der Waals surface area contributed by atoms with Gasteiger partial charge in [-0.3, -0.25) is 4.57 Å². The largest absolute Gasteiger partial charge is 0.331 e. The van der Waals surface area contributed by atoms with Gasteiger partial charge in [-0.2, -0.15) is 0 Å². The lowest BCUT2D eigenvalue weighted by Gasteiger charge is -2.24. The third-order valence-corrected chi connectivity index (χ3v) is 4.17. The summed E-state index contributed by atoms with van der Waals surface area (Å²) in [4.78, 5) is 0. The van der Waals surface area contributed by atoms with Crippen LogP contribution in [0.2, 0.25) is 0 Å². The summed E-state index contributed by atoms with van der Waals surface area (Å²) in [7, 11) is -2.98. The van der Waals surface area contributed by atoms with E-state index in [1.54, 1.807) is 6.08 Å². The number of rotatable bonds is 7. The second-order valence-electron chi connectivity index (χ2n) is 4.31. The monoisotopic (exact) mass is 234 g/mol. The van der Waals surface area contributed by atoms with Crippen LogP contribution in [0.3, 0.4) is 0 Å².